The van der Waals surface area contributed by atoms with Gasteiger partial charge in [-0.05, 0) is 48.6 Å². The fourth-order valence-electron chi connectivity index (χ4n) is 2.58. The van der Waals surface area contributed by atoms with E-state index in [9.17, 15) is 4.39 Å². The molecule has 1 fully saturated rings. The maximum absolute atomic E-state index is 13.7. The third-order valence-corrected chi connectivity index (χ3v) is 4.49. The molecule has 1 heterocycles. The zero-order valence-corrected chi connectivity index (χ0v) is 14.1. The van der Waals surface area contributed by atoms with Gasteiger partial charge in [0, 0.05) is 36.9 Å². The number of nitrogens with one attached hydrogen (secondary N) is 1. The van der Waals surface area contributed by atoms with Gasteiger partial charge in [-0.1, -0.05) is 23.7 Å². The zero-order valence-electron chi connectivity index (χ0n) is 12.5. The molecule has 0 radical (unpaired) electrons. The number of anilines is 2. The summed E-state index contributed by atoms with van der Waals surface area (Å²) in [5, 5.41) is 4.29. The van der Waals surface area contributed by atoms with Crippen molar-refractivity contribution in [3.8, 4) is 0 Å². The maximum Gasteiger partial charge on any atom is 0.173 e. The van der Waals surface area contributed by atoms with Gasteiger partial charge in [0.2, 0.25) is 0 Å². The second kappa shape index (κ2) is 7.15. The fraction of sp³-hybridized carbons (Fsp3) is 0.235. The standard InChI is InChI=1S/C17H17ClFN3S/c18-13-5-7-14(8-6-13)21-9-11-22(12-10-21)17(23)20-16-4-2-1-3-15(16)19/h1-8H,9-12H2,(H,20,23). The van der Waals surface area contributed by atoms with Crippen molar-refractivity contribution < 1.29 is 4.39 Å². The lowest BCUT2D eigenvalue weighted by Gasteiger charge is -2.37. The monoisotopic (exact) mass is 349 g/mol. The smallest absolute Gasteiger partial charge is 0.173 e. The molecule has 23 heavy (non-hydrogen) atoms. The quantitative estimate of drug-likeness (QED) is 0.826. The molecule has 1 saturated heterocycles. The van der Waals surface area contributed by atoms with Crippen LogP contribution in [0.15, 0.2) is 48.5 Å². The highest BCUT2D eigenvalue weighted by molar-refractivity contribution is 7.80. The van der Waals surface area contributed by atoms with Crippen LogP contribution in [0.4, 0.5) is 15.8 Å². The number of piperazine rings is 1. The summed E-state index contributed by atoms with van der Waals surface area (Å²) in [6.07, 6.45) is 0. The number of nitrogens with zero attached hydrogens (tertiary/aromatic N) is 2. The number of hydrogen-bond donors (Lipinski definition) is 1. The molecule has 2 aromatic carbocycles. The molecule has 2 aromatic rings. The van der Waals surface area contributed by atoms with Gasteiger partial charge in [0.05, 0.1) is 5.69 Å². The Labute approximate surface area is 145 Å². The Morgan fingerprint density at radius 3 is 2.30 bits per heavy atom. The van der Waals surface area contributed by atoms with Crippen molar-refractivity contribution in [2.75, 3.05) is 36.4 Å². The first-order valence-corrected chi connectivity index (χ1v) is 8.23. The fourth-order valence-corrected chi connectivity index (χ4v) is 3.00. The normalized spacial score (nSPS) is 14.7. The van der Waals surface area contributed by atoms with Gasteiger partial charge in [-0.25, -0.2) is 4.39 Å². The Morgan fingerprint density at radius 1 is 1.00 bits per heavy atom. The number of hydrogen-bond acceptors (Lipinski definition) is 2. The van der Waals surface area contributed by atoms with E-state index in [0.717, 1.165) is 36.9 Å². The number of thiocarbonyl (C=S) groups is 1. The molecular weight excluding hydrogens is 333 g/mol. The van der Waals surface area contributed by atoms with Gasteiger partial charge in [-0.3, -0.25) is 0 Å². The first-order valence-electron chi connectivity index (χ1n) is 7.44. The van der Waals surface area contributed by atoms with E-state index in [1.165, 1.54) is 6.07 Å². The largest absolute Gasteiger partial charge is 0.368 e. The molecule has 1 N–H and O–H groups in total. The summed E-state index contributed by atoms with van der Waals surface area (Å²) in [5.74, 6) is -0.297. The molecule has 1 aliphatic heterocycles. The van der Waals surface area contributed by atoms with Crippen molar-refractivity contribution in [3.63, 3.8) is 0 Å². The van der Waals surface area contributed by atoms with Crippen LogP contribution in [0, 0.1) is 5.82 Å². The van der Waals surface area contributed by atoms with E-state index in [1.807, 2.05) is 24.3 Å². The number of halogens is 2. The third-order valence-electron chi connectivity index (χ3n) is 3.87. The van der Waals surface area contributed by atoms with Gasteiger partial charge in [-0.15, -0.1) is 0 Å². The highest BCUT2D eigenvalue weighted by Crippen LogP contribution is 2.20. The molecule has 3 nitrogen and oxygen atoms in total. The Balaban J connectivity index is 1.57. The van der Waals surface area contributed by atoms with Crippen LogP contribution in [0.3, 0.4) is 0 Å². The second-order valence-corrected chi connectivity index (χ2v) is 6.18. The Hall–Kier alpha value is -1.85. The summed E-state index contributed by atoms with van der Waals surface area (Å²) < 4.78 is 13.7. The minimum Gasteiger partial charge on any atom is -0.368 e. The molecule has 6 heteroatoms. The summed E-state index contributed by atoms with van der Waals surface area (Å²) in [5.41, 5.74) is 1.57. The summed E-state index contributed by atoms with van der Waals surface area (Å²) in [6, 6.07) is 14.4. The molecule has 120 valence electrons. The van der Waals surface area contributed by atoms with Crippen molar-refractivity contribution in [2.24, 2.45) is 0 Å². The molecular formula is C17H17ClFN3S. The first-order chi connectivity index (χ1) is 11.1. The van der Waals surface area contributed by atoms with Gasteiger partial charge >= 0.3 is 0 Å². The molecule has 3 rings (SSSR count). The van der Waals surface area contributed by atoms with Crippen molar-refractivity contribution >= 4 is 40.3 Å². The minimum atomic E-state index is -0.297. The Morgan fingerprint density at radius 2 is 1.65 bits per heavy atom. The van der Waals surface area contributed by atoms with E-state index >= 15 is 0 Å². The van der Waals surface area contributed by atoms with Gasteiger partial charge in [0.15, 0.2) is 5.11 Å². The SMILES string of the molecule is Fc1ccccc1NC(=S)N1CCN(c2ccc(Cl)cc2)CC1. The van der Waals surface area contributed by atoms with Crippen molar-refractivity contribution in [1.29, 1.82) is 0 Å². The summed E-state index contributed by atoms with van der Waals surface area (Å²) in [7, 11) is 0. The number of rotatable bonds is 2. The third kappa shape index (κ3) is 3.92. The highest BCUT2D eigenvalue weighted by Gasteiger charge is 2.19. The Kier molecular flexibility index (Phi) is 4.98. The molecule has 0 saturated carbocycles. The molecule has 0 unspecified atom stereocenters. The first kappa shape index (κ1) is 16.0. The van der Waals surface area contributed by atoms with E-state index in [2.05, 4.69) is 15.1 Å². The van der Waals surface area contributed by atoms with Crippen LogP contribution in [0.5, 0.6) is 0 Å². The van der Waals surface area contributed by atoms with Crippen LogP contribution >= 0.6 is 23.8 Å². The van der Waals surface area contributed by atoms with Gasteiger partial charge in [0.25, 0.3) is 0 Å². The maximum atomic E-state index is 13.7. The van der Waals surface area contributed by atoms with Crippen LogP contribution in [0.2, 0.25) is 5.02 Å². The van der Waals surface area contributed by atoms with Crippen LogP contribution in [0.1, 0.15) is 0 Å². The minimum absolute atomic E-state index is 0.297. The van der Waals surface area contributed by atoms with Gasteiger partial charge in [0.1, 0.15) is 5.82 Å². The Bertz CT molecular complexity index is 684. The molecule has 0 spiro atoms. The lowest BCUT2D eigenvalue weighted by Crippen LogP contribution is -2.50. The van der Waals surface area contributed by atoms with Crippen LogP contribution < -0.4 is 10.2 Å². The van der Waals surface area contributed by atoms with E-state index in [4.69, 9.17) is 23.8 Å². The van der Waals surface area contributed by atoms with Crippen molar-refractivity contribution in [2.45, 2.75) is 0 Å². The summed E-state index contributed by atoms with van der Waals surface area (Å²) in [6.45, 7) is 3.31. The van der Waals surface area contributed by atoms with E-state index in [1.54, 1.807) is 18.2 Å². The van der Waals surface area contributed by atoms with Gasteiger partial charge < -0.3 is 15.1 Å². The van der Waals surface area contributed by atoms with Crippen LogP contribution in [-0.4, -0.2) is 36.2 Å². The second-order valence-electron chi connectivity index (χ2n) is 5.36. The van der Waals surface area contributed by atoms with Crippen LogP contribution in [-0.2, 0) is 0 Å². The summed E-state index contributed by atoms with van der Waals surface area (Å²) >= 11 is 11.3. The summed E-state index contributed by atoms with van der Waals surface area (Å²) in [4.78, 5) is 4.35. The van der Waals surface area contributed by atoms with Crippen molar-refractivity contribution in [3.05, 3.63) is 59.4 Å². The predicted octanol–water partition coefficient (Wildman–Crippen LogP) is 4.00. The van der Waals surface area contributed by atoms with E-state index in [-0.39, 0.29) is 5.82 Å². The van der Waals surface area contributed by atoms with Crippen LogP contribution in [0.25, 0.3) is 0 Å². The topological polar surface area (TPSA) is 18.5 Å². The van der Waals surface area contributed by atoms with Crippen molar-refractivity contribution in [1.82, 2.24) is 4.90 Å². The average Bonchev–Trinajstić information content (AvgIpc) is 2.58. The molecule has 0 bridgehead atoms. The zero-order chi connectivity index (χ0) is 16.2. The predicted molar refractivity (Wildman–Crippen MR) is 97.9 cm³/mol. The van der Waals surface area contributed by atoms with E-state index < -0.39 is 0 Å². The molecule has 0 aliphatic carbocycles. The molecule has 0 atom stereocenters. The van der Waals surface area contributed by atoms with Gasteiger partial charge in [-0.2, -0.15) is 0 Å². The average molecular weight is 350 g/mol. The lowest BCUT2D eigenvalue weighted by atomic mass is 10.2. The molecule has 0 aromatic heterocycles. The number of para-hydroxylation sites is 1. The lowest BCUT2D eigenvalue weighted by molar-refractivity contribution is 0.391. The van der Waals surface area contributed by atoms with E-state index in [0.29, 0.717) is 10.8 Å². The highest BCUT2D eigenvalue weighted by atomic mass is 35.5. The molecule has 1 aliphatic rings. The molecule has 0 amide bonds. The number of benzene rings is 2.